The van der Waals surface area contributed by atoms with Gasteiger partial charge in [0, 0.05) is 0 Å². The summed E-state index contributed by atoms with van der Waals surface area (Å²) in [6.45, 7) is 0. The molecule has 0 aromatic heterocycles. The maximum absolute atomic E-state index is 11.6. The molecule has 0 unspecified atom stereocenters. The third-order valence-electron chi connectivity index (χ3n) is 3.11. The summed E-state index contributed by atoms with van der Waals surface area (Å²) in [4.78, 5) is 11.6. The Kier molecular flexibility index (Phi) is 4.25. The summed E-state index contributed by atoms with van der Waals surface area (Å²) in [5, 5.41) is 0. The fraction of sp³-hybridized carbons (Fsp3) is 0.400. The van der Waals surface area contributed by atoms with E-state index in [0.29, 0.717) is 5.75 Å². The molecule has 1 aromatic carbocycles. The van der Waals surface area contributed by atoms with Crippen molar-refractivity contribution in [3.8, 4) is 18.1 Å². The Morgan fingerprint density at radius 3 is 2.67 bits per heavy atom. The van der Waals surface area contributed by atoms with Crippen LogP contribution in [0.1, 0.15) is 25.7 Å². The van der Waals surface area contributed by atoms with Gasteiger partial charge in [-0.15, -0.1) is 6.42 Å². The molecule has 0 bridgehead atoms. The van der Waals surface area contributed by atoms with Gasteiger partial charge in [-0.25, -0.2) is 4.79 Å². The van der Waals surface area contributed by atoms with Crippen molar-refractivity contribution in [2.24, 2.45) is 5.92 Å². The standard InChI is InChI=1S/C15H16O3/c1-2-12-8-6-7-11-14(12)18-15(16)17-13-9-4-3-5-10-13/h1,3-5,9-10,12,14H,6-8,11H2/t12-,14-/m1/s1. The van der Waals surface area contributed by atoms with E-state index in [-0.39, 0.29) is 12.0 Å². The van der Waals surface area contributed by atoms with Crippen LogP contribution in [-0.4, -0.2) is 12.3 Å². The lowest BCUT2D eigenvalue weighted by atomic mass is 9.87. The van der Waals surface area contributed by atoms with Gasteiger partial charge in [0.2, 0.25) is 0 Å². The maximum Gasteiger partial charge on any atom is 0.514 e. The van der Waals surface area contributed by atoms with Gasteiger partial charge in [-0.1, -0.05) is 30.5 Å². The quantitative estimate of drug-likeness (QED) is 0.454. The molecule has 0 heterocycles. The van der Waals surface area contributed by atoms with Gasteiger partial charge >= 0.3 is 6.16 Å². The second-order valence-corrected chi connectivity index (χ2v) is 4.38. The summed E-state index contributed by atoms with van der Waals surface area (Å²) in [6.07, 6.45) is 8.44. The molecule has 1 aliphatic rings. The van der Waals surface area contributed by atoms with E-state index in [2.05, 4.69) is 5.92 Å². The first kappa shape index (κ1) is 12.5. The summed E-state index contributed by atoms with van der Waals surface area (Å²) >= 11 is 0. The minimum atomic E-state index is -0.673. The zero-order valence-corrected chi connectivity index (χ0v) is 10.2. The summed E-state index contributed by atoms with van der Waals surface area (Å²) in [5.74, 6) is 3.19. The molecule has 94 valence electrons. The van der Waals surface area contributed by atoms with Crippen LogP contribution in [-0.2, 0) is 4.74 Å². The van der Waals surface area contributed by atoms with Gasteiger partial charge in [-0.2, -0.15) is 0 Å². The predicted molar refractivity (Wildman–Crippen MR) is 68.1 cm³/mol. The summed E-state index contributed by atoms with van der Waals surface area (Å²) < 4.78 is 10.4. The van der Waals surface area contributed by atoms with Crippen LogP contribution in [0.15, 0.2) is 30.3 Å². The fourth-order valence-electron chi connectivity index (χ4n) is 2.16. The average Bonchev–Trinajstić information content (AvgIpc) is 2.40. The van der Waals surface area contributed by atoms with E-state index in [1.54, 1.807) is 24.3 Å². The first-order valence-electron chi connectivity index (χ1n) is 6.19. The zero-order chi connectivity index (χ0) is 12.8. The van der Waals surface area contributed by atoms with E-state index in [4.69, 9.17) is 15.9 Å². The van der Waals surface area contributed by atoms with Gasteiger partial charge in [0.25, 0.3) is 0 Å². The molecule has 0 saturated heterocycles. The molecule has 1 aromatic rings. The molecule has 3 nitrogen and oxygen atoms in total. The smallest absolute Gasteiger partial charge is 0.429 e. The topological polar surface area (TPSA) is 35.5 Å². The van der Waals surface area contributed by atoms with Crippen LogP contribution in [0.2, 0.25) is 0 Å². The van der Waals surface area contributed by atoms with E-state index in [1.807, 2.05) is 6.07 Å². The second kappa shape index (κ2) is 6.11. The zero-order valence-electron chi connectivity index (χ0n) is 10.2. The maximum atomic E-state index is 11.6. The number of benzene rings is 1. The third kappa shape index (κ3) is 3.27. The van der Waals surface area contributed by atoms with Crippen LogP contribution in [0.25, 0.3) is 0 Å². The van der Waals surface area contributed by atoms with Gasteiger partial charge in [-0.05, 0) is 31.4 Å². The number of rotatable bonds is 2. The van der Waals surface area contributed by atoms with Gasteiger partial charge in [0.1, 0.15) is 11.9 Å². The molecule has 0 amide bonds. The monoisotopic (exact) mass is 244 g/mol. The lowest BCUT2D eigenvalue weighted by molar-refractivity contribution is 0.0255. The van der Waals surface area contributed by atoms with Crippen LogP contribution in [0.4, 0.5) is 4.79 Å². The number of para-hydroxylation sites is 1. The van der Waals surface area contributed by atoms with Gasteiger partial charge in [0.05, 0.1) is 5.92 Å². The van der Waals surface area contributed by atoms with Crippen molar-refractivity contribution in [1.29, 1.82) is 0 Å². The minimum absolute atomic E-state index is 0.0158. The van der Waals surface area contributed by atoms with Gasteiger partial charge in [0.15, 0.2) is 0 Å². The van der Waals surface area contributed by atoms with E-state index in [9.17, 15) is 4.79 Å². The molecule has 0 radical (unpaired) electrons. The largest absolute Gasteiger partial charge is 0.514 e. The van der Waals surface area contributed by atoms with Gasteiger partial charge in [-0.3, -0.25) is 0 Å². The van der Waals surface area contributed by atoms with Crippen molar-refractivity contribution < 1.29 is 14.3 Å². The number of terminal acetylenes is 1. The SMILES string of the molecule is C#C[C@@H]1CCCC[C@H]1OC(=O)Oc1ccccc1. The highest BCUT2D eigenvalue weighted by molar-refractivity contribution is 5.64. The molecule has 0 aliphatic heterocycles. The number of hydrogen-bond acceptors (Lipinski definition) is 3. The summed E-state index contributed by atoms with van der Waals surface area (Å²) in [7, 11) is 0. The average molecular weight is 244 g/mol. The first-order valence-corrected chi connectivity index (χ1v) is 6.19. The van der Waals surface area contributed by atoms with Crippen LogP contribution >= 0.6 is 0 Å². The molecule has 1 aliphatic carbocycles. The van der Waals surface area contributed by atoms with Crippen molar-refractivity contribution in [3.63, 3.8) is 0 Å². The molecule has 18 heavy (non-hydrogen) atoms. The van der Waals surface area contributed by atoms with E-state index in [0.717, 1.165) is 25.7 Å². The highest BCUT2D eigenvalue weighted by Crippen LogP contribution is 2.26. The summed E-state index contributed by atoms with van der Waals surface area (Å²) in [5.41, 5.74) is 0. The molecular formula is C15H16O3. The Labute approximate surface area is 107 Å². The van der Waals surface area contributed by atoms with Crippen molar-refractivity contribution >= 4 is 6.16 Å². The van der Waals surface area contributed by atoms with Crippen LogP contribution in [0.3, 0.4) is 0 Å². The van der Waals surface area contributed by atoms with E-state index in [1.165, 1.54) is 0 Å². The molecule has 2 rings (SSSR count). The van der Waals surface area contributed by atoms with E-state index < -0.39 is 6.16 Å². The Bertz CT molecular complexity index is 433. The Morgan fingerprint density at radius 1 is 1.22 bits per heavy atom. The fourth-order valence-corrected chi connectivity index (χ4v) is 2.16. The first-order chi connectivity index (χ1) is 8.79. The van der Waals surface area contributed by atoms with Crippen molar-refractivity contribution in [1.82, 2.24) is 0 Å². The number of carbonyl (C=O) groups is 1. The van der Waals surface area contributed by atoms with E-state index >= 15 is 0 Å². The number of carbonyl (C=O) groups excluding carboxylic acids is 1. The molecule has 0 spiro atoms. The van der Waals surface area contributed by atoms with Crippen LogP contribution in [0.5, 0.6) is 5.75 Å². The van der Waals surface area contributed by atoms with Gasteiger partial charge < -0.3 is 9.47 Å². The molecule has 1 saturated carbocycles. The Hall–Kier alpha value is -1.95. The Morgan fingerprint density at radius 2 is 1.94 bits per heavy atom. The molecule has 3 heteroatoms. The normalized spacial score (nSPS) is 22.8. The van der Waals surface area contributed by atoms with Crippen LogP contribution in [0, 0.1) is 18.3 Å². The van der Waals surface area contributed by atoms with Crippen molar-refractivity contribution in [2.75, 3.05) is 0 Å². The predicted octanol–water partition coefficient (Wildman–Crippen LogP) is 3.39. The minimum Gasteiger partial charge on any atom is -0.429 e. The number of hydrogen-bond donors (Lipinski definition) is 0. The van der Waals surface area contributed by atoms with Crippen molar-refractivity contribution in [2.45, 2.75) is 31.8 Å². The number of ether oxygens (including phenoxy) is 2. The molecule has 0 N–H and O–H groups in total. The molecular weight excluding hydrogens is 228 g/mol. The molecule has 1 fully saturated rings. The van der Waals surface area contributed by atoms with Crippen LogP contribution < -0.4 is 4.74 Å². The summed E-state index contributed by atoms with van der Waals surface area (Å²) in [6, 6.07) is 8.87. The molecule has 2 atom stereocenters. The lowest BCUT2D eigenvalue weighted by Gasteiger charge is -2.26. The highest BCUT2D eigenvalue weighted by atomic mass is 16.7. The highest BCUT2D eigenvalue weighted by Gasteiger charge is 2.27. The lowest BCUT2D eigenvalue weighted by Crippen LogP contribution is -2.30. The second-order valence-electron chi connectivity index (χ2n) is 4.38. The third-order valence-corrected chi connectivity index (χ3v) is 3.11. The Balaban J connectivity index is 1.89. The van der Waals surface area contributed by atoms with Crippen molar-refractivity contribution in [3.05, 3.63) is 30.3 Å².